The van der Waals surface area contributed by atoms with E-state index in [0.717, 1.165) is 12.1 Å². The lowest BCUT2D eigenvalue weighted by Crippen LogP contribution is -2.56. The molecule has 2 aliphatic heterocycles. The molecule has 3 aromatic heterocycles. The largest absolute Gasteiger partial charge is 0.738 e. The van der Waals surface area contributed by atoms with Crippen LogP contribution >= 0.6 is 0 Å². The summed E-state index contributed by atoms with van der Waals surface area (Å²) in [4.78, 5) is 0. The van der Waals surface area contributed by atoms with E-state index in [9.17, 15) is 13.2 Å². The molecule has 0 saturated heterocycles. The van der Waals surface area contributed by atoms with Gasteiger partial charge in [-0.1, -0.05) is 60.7 Å². The summed E-state index contributed by atoms with van der Waals surface area (Å²) < 4.78 is 120. The molecule has 0 saturated carbocycles. The molecular weight excluding hydrogens is 576 g/mol. The SMILES string of the molecule is Fc1c(F)c(F)c(C2=C3C=c4oc(-c5ccccc5)cc4=[N+]3[B-](F)(F)n3c2cc2oc(-c4ccccc4)cc23)c(F)c1F. The number of benzene rings is 3. The average molecular weight is 590 g/mol. The van der Waals surface area contributed by atoms with Crippen LogP contribution in [0.1, 0.15) is 11.3 Å². The third-order valence-corrected chi connectivity index (χ3v) is 7.76. The van der Waals surface area contributed by atoms with Gasteiger partial charge < -0.3 is 26.4 Å². The first-order valence-corrected chi connectivity index (χ1v) is 13.0. The molecule has 0 atom stereocenters. The zero-order chi connectivity index (χ0) is 29.8. The molecular formula is C31H14BF7N2O2. The van der Waals surface area contributed by atoms with E-state index >= 15 is 17.4 Å². The second-order valence-electron chi connectivity index (χ2n) is 10.2. The Morgan fingerprint density at radius 3 is 1.81 bits per heavy atom. The monoisotopic (exact) mass is 590 g/mol. The van der Waals surface area contributed by atoms with Crippen LogP contribution in [0.25, 0.3) is 45.4 Å². The summed E-state index contributed by atoms with van der Waals surface area (Å²) in [5, 5.41) is -0.139. The molecule has 8 rings (SSSR count). The molecule has 2 aliphatic rings. The fraction of sp³-hybridized carbons (Fsp3) is 0. The molecule has 0 unspecified atom stereocenters. The number of allylic oxidation sites excluding steroid dienone is 1. The molecule has 0 fully saturated rings. The average Bonchev–Trinajstić information content (AvgIpc) is 3.77. The van der Waals surface area contributed by atoms with Gasteiger partial charge in [-0.05, 0) is 0 Å². The molecule has 12 heteroatoms. The molecule has 5 heterocycles. The molecule has 0 spiro atoms. The highest BCUT2D eigenvalue weighted by Gasteiger charge is 2.55. The fourth-order valence-electron chi connectivity index (χ4n) is 5.89. The summed E-state index contributed by atoms with van der Waals surface area (Å²) >= 11 is 0. The molecule has 43 heavy (non-hydrogen) atoms. The molecule has 3 aromatic carbocycles. The summed E-state index contributed by atoms with van der Waals surface area (Å²) in [6.07, 6.45) is 1.11. The van der Waals surface area contributed by atoms with Crippen molar-refractivity contribution in [3.05, 3.63) is 136 Å². The van der Waals surface area contributed by atoms with Crippen LogP contribution in [0, 0.1) is 29.1 Å². The molecule has 0 N–H and O–H groups in total. The van der Waals surface area contributed by atoms with Crippen molar-refractivity contribution in [1.82, 2.24) is 8.96 Å². The maximum Gasteiger partial charge on any atom is 0.738 e. The van der Waals surface area contributed by atoms with Crippen LogP contribution in [0.4, 0.5) is 30.6 Å². The van der Waals surface area contributed by atoms with E-state index in [0.29, 0.717) is 20.1 Å². The molecule has 0 radical (unpaired) electrons. The van der Waals surface area contributed by atoms with Gasteiger partial charge in [0.15, 0.2) is 34.4 Å². The highest BCUT2D eigenvalue weighted by molar-refractivity contribution is 6.65. The third kappa shape index (κ3) is 3.37. The van der Waals surface area contributed by atoms with Gasteiger partial charge in [0.1, 0.15) is 17.1 Å². The minimum absolute atomic E-state index is 0.0732. The number of nitrogens with zero attached hydrogens (tertiary/aromatic N) is 2. The predicted octanol–water partition coefficient (Wildman–Crippen LogP) is 6.84. The van der Waals surface area contributed by atoms with Crippen LogP contribution in [0.5, 0.6) is 0 Å². The lowest BCUT2D eigenvalue weighted by atomic mass is 9.85. The van der Waals surface area contributed by atoms with Crippen LogP contribution in [0.15, 0.2) is 93.4 Å². The first-order chi connectivity index (χ1) is 20.7. The second kappa shape index (κ2) is 8.63. The lowest BCUT2D eigenvalue weighted by molar-refractivity contribution is 0.376. The van der Waals surface area contributed by atoms with Crippen LogP contribution in [-0.4, -0.2) is 11.4 Å². The van der Waals surface area contributed by atoms with Crippen molar-refractivity contribution >= 4 is 29.7 Å². The minimum atomic E-state index is -4.82. The van der Waals surface area contributed by atoms with Gasteiger partial charge in [-0.2, -0.15) is 0 Å². The van der Waals surface area contributed by atoms with Crippen molar-refractivity contribution in [3.63, 3.8) is 0 Å². The van der Waals surface area contributed by atoms with Crippen LogP contribution < -0.4 is 15.3 Å². The van der Waals surface area contributed by atoms with Crippen molar-refractivity contribution in [1.29, 1.82) is 0 Å². The Hall–Kier alpha value is -5.26. The van der Waals surface area contributed by atoms with Crippen molar-refractivity contribution < 1.29 is 39.4 Å². The predicted molar refractivity (Wildman–Crippen MR) is 144 cm³/mol. The number of hydrogen-bond donors (Lipinski definition) is 0. The number of aromatic nitrogens is 1. The van der Waals surface area contributed by atoms with E-state index < -0.39 is 58.6 Å². The fourth-order valence-corrected chi connectivity index (χ4v) is 5.89. The van der Waals surface area contributed by atoms with Gasteiger partial charge in [-0.15, -0.1) is 0 Å². The maximum absolute atomic E-state index is 16.7. The molecule has 4 nitrogen and oxygen atoms in total. The summed E-state index contributed by atoms with van der Waals surface area (Å²) in [5.41, 5.74) is -2.09. The number of fused-ring (bicyclic) bond motifs is 5. The first kappa shape index (κ1) is 25.5. The Morgan fingerprint density at radius 2 is 1.21 bits per heavy atom. The molecule has 6 aromatic rings. The van der Waals surface area contributed by atoms with Gasteiger partial charge in [0.2, 0.25) is 11.2 Å². The van der Waals surface area contributed by atoms with Crippen molar-refractivity contribution in [2.75, 3.05) is 0 Å². The minimum Gasteiger partial charge on any atom is -0.455 e. The van der Waals surface area contributed by atoms with Crippen molar-refractivity contribution in [2.45, 2.75) is 0 Å². The number of hydrogen-bond acceptors (Lipinski definition) is 2. The maximum atomic E-state index is 16.7. The Labute approximate surface area is 236 Å². The molecule has 0 bridgehead atoms. The Kier molecular flexibility index (Phi) is 5.11. The summed E-state index contributed by atoms with van der Waals surface area (Å²) in [6.45, 7) is -4.82. The van der Waals surface area contributed by atoms with E-state index in [1.54, 1.807) is 60.7 Å². The zero-order valence-electron chi connectivity index (χ0n) is 21.5. The molecule has 212 valence electrons. The first-order valence-electron chi connectivity index (χ1n) is 13.0. The Morgan fingerprint density at radius 1 is 0.651 bits per heavy atom. The smallest absolute Gasteiger partial charge is 0.455 e. The van der Waals surface area contributed by atoms with E-state index in [1.807, 2.05) is 0 Å². The van der Waals surface area contributed by atoms with Crippen LogP contribution in [0.2, 0.25) is 0 Å². The number of furan rings is 2. The lowest BCUT2D eigenvalue weighted by Gasteiger charge is -2.31. The summed E-state index contributed by atoms with van der Waals surface area (Å²) in [5.74, 6) is -10.6. The quantitative estimate of drug-likeness (QED) is 0.0980. The molecule has 0 amide bonds. The van der Waals surface area contributed by atoms with Gasteiger partial charge in [0.25, 0.3) is 0 Å². The molecule has 0 aliphatic carbocycles. The Bertz CT molecular complexity index is 2290. The van der Waals surface area contributed by atoms with E-state index in [-0.39, 0.29) is 33.4 Å². The standard InChI is InChI=1S/C31H14BF7N2O2/c33-27-26(28(34)30(36)31(37)29(27)35)25-19-13-23-17(11-21(42-23)15-7-3-1-4-8-15)40(19)32(38,39)41-18-12-22(16-9-5-2-6-10-16)43-24(18)14-20(25)41/h1-14H. The van der Waals surface area contributed by atoms with Gasteiger partial charge in [0, 0.05) is 29.0 Å². The number of halogens is 7. The van der Waals surface area contributed by atoms with Gasteiger partial charge in [-0.3, -0.25) is 0 Å². The van der Waals surface area contributed by atoms with Crippen molar-refractivity contribution in [2.24, 2.45) is 0 Å². The van der Waals surface area contributed by atoms with Crippen LogP contribution in [0.3, 0.4) is 0 Å². The summed E-state index contributed by atoms with van der Waals surface area (Å²) in [7, 11) is 0. The van der Waals surface area contributed by atoms with E-state index in [2.05, 4.69) is 0 Å². The van der Waals surface area contributed by atoms with Gasteiger partial charge in [0.05, 0.1) is 28.8 Å². The normalized spacial score (nSPS) is 15.1. The topological polar surface area (TPSA) is 34.2 Å². The Balaban J connectivity index is 1.49. The van der Waals surface area contributed by atoms with Gasteiger partial charge >= 0.3 is 6.97 Å². The second-order valence-corrected chi connectivity index (χ2v) is 10.2. The third-order valence-electron chi connectivity index (χ3n) is 7.76. The zero-order valence-corrected chi connectivity index (χ0v) is 21.5. The van der Waals surface area contributed by atoms with E-state index in [4.69, 9.17) is 8.83 Å². The highest BCUT2D eigenvalue weighted by atomic mass is 19.2. The number of rotatable bonds is 3. The highest BCUT2D eigenvalue weighted by Crippen LogP contribution is 2.44. The van der Waals surface area contributed by atoms with E-state index in [1.165, 1.54) is 12.1 Å². The van der Waals surface area contributed by atoms with Crippen LogP contribution in [-0.2, 0) is 0 Å². The van der Waals surface area contributed by atoms with Crippen molar-refractivity contribution in [3.8, 4) is 22.6 Å². The summed E-state index contributed by atoms with van der Waals surface area (Å²) in [6, 6.07) is 21.0. The van der Waals surface area contributed by atoms with Gasteiger partial charge in [-0.25, -0.2) is 22.0 Å².